The average molecular weight is 350 g/mol. The van der Waals surface area contributed by atoms with Crippen LogP contribution in [0.25, 0.3) is 0 Å². The Morgan fingerprint density at radius 2 is 2.00 bits per heavy atom. The lowest BCUT2D eigenvalue weighted by Crippen LogP contribution is -2.39. The molecule has 1 atom stereocenters. The zero-order valence-corrected chi connectivity index (χ0v) is 15.2. The lowest BCUT2D eigenvalue weighted by molar-refractivity contribution is 0.106. The summed E-state index contributed by atoms with van der Waals surface area (Å²) in [5.74, 6) is 0.415. The molecule has 1 unspecified atom stereocenters. The number of methoxy groups -OCH3 is 1. The number of nitrogens with zero attached hydrogens (tertiary/aromatic N) is 2. The number of benzene rings is 1. The van der Waals surface area contributed by atoms with E-state index in [1.54, 1.807) is 37.6 Å². The molecule has 1 aromatic carbocycles. The molecule has 5 nitrogen and oxygen atoms in total. The third-order valence-corrected chi connectivity index (χ3v) is 4.76. The number of aryl methyl sites for hydroxylation is 2. The summed E-state index contributed by atoms with van der Waals surface area (Å²) in [5.41, 5.74) is 1.98. The van der Waals surface area contributed by atoms with Gasteiger partial charge in [-0.15, -0.1) is 11.3 Å². The molecular weight excluding hydrogens is 327 g/mol. The summed E-state index contributed by atoms with van der Waals surface area (Å²) in [6.45, 7) is 5.22. The van der Waals surface area contributed by atoms with Crippen molar-refractivity contribution in [2.45, 2.75) is 26.5 Å². The van der Waals surface area contributed by atoms with Gasteiger partial charge in [0.2, 0.25) is 0 Å². The van der Waals surface area contributed by atoms with Crippen molar-refractivity contribution in [1.82, 2.24) is 15.6 Å². The Morgan fingerprint density at radius 3 is 2.54 bits per heavy atom. The predicted octanol–water partition coefficient (Wildman–Crippen LogP) is 2.95. The van der Waals surface area contributed by atoms with Gasteiger partial charge in [-0.05, 0) is 31.5 Å². The molecule has 130 valence electrons. The summed E-state index contributed by atoms with van der Waals surface area (Å²) < 4.78 is 18.5. The predicted molar refractivity (Wildman–Crippen MR) is 95.9 cm³/mol. The molecule has 0 aliphatic rings. The molecule has 2 aromatic rings. The highest BCUT2D eigenvalue weighted by molar-refractivity contribution is 7.11. The maximum absolute atomic E-state index is 13.0. The van der Waals surface area contributed by atoms with Crippen LogP contribution in [0, 0.1) is 19.7 Å². The van der Waals surface area contributed by atoms with Crippen LogP contribution in [-0.4, -0.2) is 31.6 Å². The van der Waals surface area contributed by atoms with Crippen LogP contribution in [0.2, 0.25) is 0 Å². The van der Waals surface area contributed by atoms with Crippen molar-refractivity contribution in [3.05, 3.63) is 51.2 Å². The maximum atomic E-state index is 13.0. The highest BCUT2D eigenvalue weighted by atomic mass is 32.1. The van der Waals surface area contributed by atoms with Crippen LogP contribution in [0.1, 0.15) is 27.2 Å². The summed E-state index contributed by atoms with van der Waals surface area (Å²) in [7, 11) is 3.35. The van der Waals surface area contributed by atoms with Gasteiger partial charge in [-0.25, -0.2) is 9.37 Å². The summed E-state index contributed by atoms with van der Waals surface area (Å²) in [4.78, 5) is 9.93. The molecule has 0 amide bonds. The fourth-order valence-electron chi connectivity index (χ4n) is 2.20. The lowest BCUT2D eigenvalue weighted by Gasteiger charge is -2.18. The van der Waals surface area contributed by atoms with Crippen LogP contribution in [-0.2, 0) is 11.3 Å². The van der Waals surface area contributed by atoms with Crippen LogP contribution >= 0.6 is 11.3 Å². The molecule has 0 spiro atoms. The molecule has 1 aromatic heterocycles. The molecule has 0 aliphatic heterocycles. The Balaban J connectivity index is 1.88. The van der Waals surface area contributed by atoms with E-state index in [1.165, 1.54) is 17.0 Å². The fourth-order valence-corrected chi connectivity index (χ4v) is 3.07. The van der Waals surface area contributed by atoms with Crippen LogP contribution in [0.4, 0.5) is 4.39 Å². The van der Waals surface area contributed by atoms with Crippen molar-refractivity contribution in [2.75, 3.05) is 20.7 Å². The van der Waals surface area contributed by atoms with Crippen molar-refractivity contribution >= 4 is 17.3 Å². The average Bonchev–Trinajstić information content (AvgIpc) is 2.90. The first-order valence-corrected chi connectivity index (χ1v) is 8.50. The summed E-state index contributed by atoms with van der Waals surface area (Å²) >= 11 is 1.68. The van der Waals surface area contributed by atoms with E-state index in [0.29, 0.717) is 19.0 Å². The highest BCUT2D eigenvalue weighted by Crippen LogP contribution is 2.17. The molecule has 2 rings (SSSR count). The molecule has 0 saturated carbocycles. The third kappa shape index (κ3) is 5.01. The summed E-state index contributed by atoms with van der Waals surface area (Å²) in [5, 5.41) is 7.48. The number of hydrogen-bond acceptors (Lipinski definition) is 4. The second-order valence-electron chi connectivity index (χ2n) is 5.33. The number of aromatic nitrogens is 1. The van der Waals surface area contributed by atoms with E-state index in [0.717, 1.165) is 16.3 Å². The number of ether oxygens (including phenoxy) is 1. The monoisotopic (exact) mass is 350 g/mol. The molecule has 0 bridgehead atoms. The number of aliphatic imine (C=N–C) groups is 1. The zero-order valence-electron chi connectivity index (χ0n) is 14.4. The Morgan fingerprint density at radius 1 is 1.29 bits per heavy atom. The van der Waals surface area contributed by atoms with Gasteiger partial charge in [0.05, 0.1) is 18.3 Å². The van der Waals surface area contributed by atoms with Crippen LogP contribution in [0.5, 0.6) is 0 Å². The standard InChI is InChI=1S/C17H23FN4OS/c1-11-12(2)24-16(22-11)10-21-17(19-3)20-9-15(23-4)13-5-7-14(18)8-6-13/h5-8,15H,9-10H2,1-4H3,(H2,19,20,21). The van der Waals surface area contributed by atoms with Crippen molar-refractivity contribution < 1.29 is 9.13 Å². The topological polar surface area (TPSA) is 58.5 Å². The molecule has 0 radical (unpaired) electrons. The first-order chi connectivity index (χ1) is 11.5. The van der Waals surface area contributed by atoms with Gasteiger partial charge in [0, 0.05) is 25.6 Å². The van der Waals surface area contributed by atoms with Gasteiger partial charge in [0.1, 0.15) is 10.8 Å². The summed E-state index contributed by atoms with van der Waals surface area (Å²) in [6, 6.07) is 6.31. The largest absolute Gasteiger partial charge is 0.375 e. The number of rotatable bonds is 6. The van der Waals surface area contributed by atoms with E-state index in [1.807, 2.05) is 6.92 Å². The summed E-state index contributed by atoms with van der Waals surface area (Å²) in [6.07, 6.45) is -0.187. The van der Waals surface area contributed by atoms with Crippen molar-refractivity contribution in [1.29, 1.82) is 0 Å². The van der Waals surface area contributed by atoms with Gasteiger partial charge in [-0.1, -0.05) is 12.1 Å². The van der Waals surface area contributed by atoms with E-state index in [4.69, 9.17) is 4.74 Å². The molecule has 0 aliphatic carbocycles. The second kappa shape index (κ2) is 8.75. The van der Waals surface area contributed by atoms with Gasteiger partial charge < -0.3 is 15.4 Å². The van der Waals surface area contributed by atoms with E-state index in [9.17, 15) is 4.39 Å². The Labute approximate surface area is 146 Å². The van der Waals surface area contributed by atoms with Crippen LogP contribution < -0.4 is 10.6 Å². The second-order valence-corrected chi connectivity index (χ2v) is 6.62. The SMILES string of the molecule is CN=C(NCc1nc(C)c(C)s1)NCC(OC)c1ccc(F)cc1. The van der Waals surface area contributed by atoms with Crippen molar-refractivity contribution in [3.8, 4) is 0 Å². The molecule has 7 heteroatoms. The van der Waals surface area contributed by atoms with Gasteiger partial charge in [-0.2, -0.15) is 0 Å². The molecular formula is C17H23FN4OS. The number of hydrogen-bond donors (Lipinski definition) is 2. The van der Waals surface area contributed by atoms with Crippen molar-refractivity contribution in [3.63, 3.8) is 0 Å². The van der Waals surface area contributed by atoms with Crippen molar-refractivity contribution in [2.24, 2.45) is 4.99 Å². The maximum Gasteiger partial charge on any atom is 0.191 e. The minimum atomic E-state index is -0.256. The Kier molecular flexibility index (Phi) is 6.69. The first kappa shape index (κ1) is 18.4. The van der Waals surface area contributed by atoms with Gasteiger partial charge in [-0.3, -0.25) is 4.99 Å². The van der Waals surface area contributed by atoms with Gasteiger partial charge in [0.15, 0.2) is 5.96 Å². The number of guanidine groups is 1. The zero-order chi connectivity index (χ0) is 17.5. The Hall–Kier alpha value is -1.99. The van der Waals surface area contributed by atoms with Crippen LogP contribution in [0.3, 0.4) is 0 Å². The Bertz CT molecular complexity index is 665. The molecule has 24 heavy (non-hydrogen) atoms. The first-order valence-electron chi connectivity index (χ1n) is 7.69. The van der Waals surface area contributed by atoms with E-state index in [-0.39, 0.29) is 11.9 Å². The minimum Gasteiger partial charge on any atom is -0.375 e. The van der Waals surface area contributed by atoms with Gasteiger partial charge in [0.25, 0.3) is 0 Å². The number of nitrogens with one attached hydrogen (secondary N) is 2. The molecule has 0 fully saturated rings. The molecule has 2 N–H and O–H groups in total. The van der Waals surface area contributed by atoms with Gasteiger partial charge >= 0.3 is 0 Å². The highest BCUT2D eigenvalue weighted by Gasteiger charge is 2.12. The fraction of sp³-hybridized carbons (Fsp3) is 0.412. The van der Waals surface area contributed by atoms with E-state index < -0.39 is 0 Å². The smallest absolute Gasteiger partial charge is 0.191 e. The molecule has 1 heterocycles. The molecule has 0 saturated heterocycles. The lowest BCUT2D eigenvalue weighted by atomic mass is 10.1. The number of thiazole rings is 1. The van der Waals surface area contributed by atoms with E-state index in [2.05, 4.69) is 27.5 Å². The number of halogens is 1. The quantitative estimate of drug-likeness (QED) is 0.621. The minimum absolute atomic E-state index is 0.187. The third-order valence-electron chi connectivity index (χ3n) is 3.68. The van der Waals surface area contributed by atoms with E-state index >= 15 is 0 Å². The normalized spacial score (nSPS) is 13.0. The van der Waals surface area contributed by atoms with Crippen LogP contribution in [0.15, 0.2) is 29.3 Å².